The van der Waals surface area contributed by atoms with Crippen LogP contribution >= 0.6 is 0 Å². The van der Waals surface area contributed by atoms with Crippen molar-refractivity contribution in [1.82, 2.24) is 20.5 Å². The molecule has 1 aliphatic heterocycles. The quantitative estimate of drug-likeness (QED) is 0.482. The van der Waals surface area contributed by atoms with E-state index >= 15 is 0 Å². The van der Waals surface area contributed by atoms with Gasteiger partial charge in [0.25, 0.3) is 0 Å². The minimum atomic E-state index is 0.567. The lowest BCUT2D eigenvalue weighted by atomic mass is 10.1. The van der Waals surface area contributed by atoms with Gasteiger partial charge in [-0.15, -0.1) is 0 Å². The lowest BCUT2D eigenvalue weighted by molar-refractivity contribution is 0.0320. The number of aromatic nitrogens is 1. The van der Waals surface area contributed by atoms with E-state index in [1.54, 1.807) is 0 Å². The van der Waals surface area contributed by atoms with E-state index in [0.29, 0.717) is 5.92 Å². The standard InChI is InChI=1S/C22H35N5O/c1-4-18-6-5-7-20-19(15-25-21(18)20)8-9-24-22(23-3)26-14-17(2)16-27-10-12-28-13-11-27/h5-7,15,17,25H,4,8-14,16H2,1-3H3,(H2,23,24,26). The summed E-state index contributed by atoms with van der Waals surface area (Å²) in [4.78, 5) is 10.3. The van der Waals surface area contributed by atoms with Gasteiger partial charge >= 0.3 is 0 Å². The summed E-state index contributed by atoms with van der Waals surface area (Å²) in [7, 11) is 1.83. The maximum atomic E-state index is 5.42. The van der Waals surface area contributed by atoms with Crippen LogP contribution in [0.1, 0.15) is 25.0 Å². The summed E-state index contributed by atoms with van der Waals surface area (Å²) in [6, 6.07) is 6.56. The number of rotatable bonds is 8. The summed E-state index contributed by atoms with van der Waals surface area (Å²) in [5.74, 6) is 1.45. The van der Waals surface area contributed by atoms with E-state index in [1.165, 1.54) is 22.0 Å². The molecular formula is C22H35N5O. The number of hydrogen-bond acceptors (Lipinski definition) is 3. The Balaban J connectivity index is 1.43. The number of hydrogen-bond donors (Lipinski definition) is 3. The van der Waals surface area contributed by atoms with Crippen LogP contribution in [0.2, 0.25) is 0 Å². The Morgan fingerprint density at radius 1 is 1.25 bits per heavy atom. The first-order valence-corrected chi connectivity index (χ1v) is 10.5. The van der Waals surface area contributed by atoms with Crippen LogP contribution in [0.25, 0.3) is 10.9 Å². The monoisotopic (exact) mass is 385 g/mol. The van der Waals surface area contributed by atoms with Crippen molar-refractivity contribution in [3.63, 3.8) is 0 Å². The van der Waals surface area contributed by atoms with E-state index in [9.17, 15) is 0 Å². The first-order valence-electron chi connectivity index (χ1n) is 10.5. The number of ether oxygens (including phenoxy) is 1. The van der Waals surface area contributed by atoms with Gasteiger partial charge in [0.05, 0.1) is 13.2 Å². The van der Waals surface area contributed by atoms with E-state index in [2.05, 4.69) is 63.8 Å². The highest BCUT2D eigenvalue weighted by atomic mass is 16.5. The summed E-state index contributed by atoms with van der Waals surface area (Å²) >= 11 is 0. The van der Waals surface area contributed by atoms with Crippen LogP contribution in [-0.2, 0) is 17.6 Å². The highest BCUT2D eigenvalue weighted by molar-refractivity contribution is 5.86. The second-order valence-corrected chi connectivity index (χ2v) is 7.66. The molecule has 0 amide bonds. The fraction of sp³-hybridized carbons (Fsp3) is 0.591. The number of H-pyrrole nitrogens is 1. The highest BCUT2D eigenvalue weighted by Crippen LogP contribution is 2.22. The summed E-state index contributed by atoms with van der Waals surface area (Å²) in [6.07, 6.45) is 4.16. The molecule has 6 heteroatoms. The molecule has 3 N–H and O–H groups in total. The number of guanidine groups is 1. The fourth-order valence-corrected chi connectivity index (χ4v) is 3.87. The van der Waals surface area contributed by atoms with E-state index in [1.807, 2.05) is 7.05 Å². The lowest BCUT2D eigenvalue weighted by Crippen LogP contribution is -2.44. The number of nitrogens with one attached hydrogen (secondary N) is 3. The van der Waals surface area contributed by atoms with Crippen LogP contribution < -0.4 is 10.6 Å². The van der Waals surface area contributed by atoms with Crippen molar-refractivity contribution < 1.29 is 4.74 Å². The number of aromatic amines is 1. The van der Waals surface area contributed by atoms with E-state index < -0.39 is 0 Å². The van der Waals surface area contributed by atoms with Crippen molar-refractivity contribution in [3.8, 4) is 0 Å². The average Bonchev–Trinajstić information content (AvgIpc) is 3.14. The third kappa shape index (κ3) is 5.49. The van der Waals surface area contributed by atoms with Gasteiger partial charge < -0.3 is 20.4 Å². The van der Waals surface area contributed by atoms with Crippen molar-refractivity contribution in [2.24, 2.45) is 10.9 Å². The molecule has 0 radical (unpaired) electrons. The molecule has 2 heterocycles. The van der Waals surface area contributed by atoms with Crippen LogP contribution in [0.4, 0.5) is 0 Å². The number of fused-ring (bicyclic) bond motifs is 1. The Hall–Kier alpha value is -2.05. The molecule has 0 spiro atoms. The first kappa shape index (κ1) is 20.7. The van der Waals surface area contributed by atoms with E-state index in [-0.39, 0.29) is 0 Å². The molecule has 154 valence electrons. The normalized spacial score (nSPS) is 17.0. The minimum Gasteiger partial charge on any atom is -0.379 e. The van der Waals surface area contributed by atoms with Gasteiger partial charge in [-0.25, -0.2) is 0 Å². The van der Waals surface area contributed by atoms with Crippen molar-refractivity contribution in [2.45, 2.75) is 26.7 Å². The van der Waals surface area contributed by atoms with Crippen LogP contribution in [0.5, 0.6) is 0 Å². The van der Waals surface area contributed by atoms with Crippen LogP contribution in [0.3, 0.4) is 0 Å². The molecule has 0 bridgehead atoms. The molecule has 3 rings (SSSR count). The molecule has 1 unspecified atom stereocenters. The molecule has 1 aromatic carbocycles. The summed E-state index contributed by atoms with van der Waals surface area (Å²) in [5, 5.41) is 8.26. The Bertz CT molecular complexity index is 763. The van der Waals surface area contributed by atoms with E-state index in [4.69, 9.17) is 4.74 Å². The smallest absolute Gasteiger partial charge is 0.190 e. The maximum absolute atomic E-state index is 5.42. The van der Waals surface area contributed by atoms with Gasteiger partial charge in [-0.05, 0) is 29.9 Å². The predicted molar refractivity (Wildman–Crippen MR) is 117 cm³/mol. The van der Waals surface area contributed by atoms with Crippen molar-refractivity contribution >= 4 is 16.9 Å². The van der Waals surface area contributed by atoms with Gasteiger partial charge in [-0.1, -0.05) is 32.0 Å². The largest absolute Gasteiger partial charge is 0.379 e. The zero-order chi connectivity index (χ0) is 19.8. The molecule has 1 saturated heterocycles. The summed E-state index contributed by atoms with van der Waals surface area (Å²) < 4.78 is 5.42. The molecule has 1 fully saturated rings. The molecule has 28 heavy (non-hydrogen) atoms. The number of aliphatic imine (C=N–C) groups is 1. The van der Waals surface area contributed by atoms with Crippen molar-refractivity contribution in [3.05, 3.63) is 35.5 Å². The second-order valence-electron chi connectivity index (χ2n) is 7.66. The number of benzene rings is 1. The molecule has 0 aliphatic carbocycles. The van der Waals surface area contributed by atoms with Gasteiger partial charge in [0, 0.05) is 56.9 Å². The molecule has 2 aromatic rings. The number of nitrogens with zero attached hydrogens (tertiary/aromatic N) is 2. The van der Waals surface area contributed by atoms with Gasteiger partial charge in [0.2, 0.25) is 0 Å². The first-order chi connectivity index (χ1) is 13.7. The lowest BCUT2D eigenvalue weighted by Gasteiger charge is -2.29. The maximum Gasteiger partial charge on any atom is 0.190 e. The van der Waals surface area contributed by atoms with Crippen molar-refractivity contribution in [2.75, 3.05) is 53.0 Å². The third-order valence-corrected chi connectivity index (χ3v) is 5.47. The Kier molecular flexibility index (Phi) is 7.74. The second kappa shape index (κ2) is 10.5. The van der Waals surface area contributed by atoms with E-state index in [0.717, 1.165) is 64.7 Å². The van der Waals surface area contributed by atoms with Gasteiger partial charge in [0.1, 0.15) is 0 Å². The predicted octanol–water partition coefficient (Wildman–Crippen LogP) is 2.41. The zero-order valence-electron chi connectivity index (χ0n) is 17.6. The summed E-state index contributed by atoms with van der Waals surface area (Å²) in [5.41, 5.74) is 4.01. The van der Waals surface area contributed by atoms with Gasteiger partial charge in [-0.3, -0.25) is 9.89 Å². The number of para-hydroxylation sites is 1. The van der Waals surface area contributed by atoms with Crippen LogP contribution in [0.15, 0.2) is 29.4 Å². The Labute approximate surface area is 168 Å². The van der Waals surface area contributed by atoms with Gasteiger partial charge in [-0.2, -0.15) is 0 Å². The molecule has 6 nitrogen and oxygen atoms in total. The average molecular weight is 386 g/mol. The molecule has 1 aliphatic rings. The number of aryl methyl sites for hydroxylation is 1. The van der Waals surface area contributed by atoms with Crippen molar-refractivity contribution in [1.29, 1.82) is 0 Å². The Morgan fingerprint density at radius 3 is 2.82 bits per heavy atom. The minimum absolute atomic E-state index is 0.567. The fourth-order valence-electron chi connectivity index (χ4n) is 3.87. The molecule has 1 aromatic heterocycles. The van der Waals surface area contributed by atoms with Gasteiger partial charge in [0.15, 0.2) is 5.96 Å². The molecule has 1 atom stereocenters. The van der Waals surface area contributed by atoms with Crippen LogP contribution in [-0.4, -0.2) is 68.8 Å². The highest BCUT2D eigenvalue weighted by Gasteiger charge is 2.14. The van der Waals surface area contributed by atoms with Crippen LogP contribution in [0, 0.1) is 5.92 Å². The molecular weight excluding hydrogens is 350 g/mol. The third-order valence-electron chi connectivity index (χ3n) is 5.47. The topological polar surface area (TPSA) is 64.7 Å². The SMILES string of the molecule is CCc1cccc2c(CCNC(=NC)NCC(C)CN3CCOCC3)c[nH]c12. The summed E-state index contributed by atoms with van der Waals surface area (Å²) in [6.45, 7) is 11.2. The number of morpholine rings is 1. The Morgan fingerprint density at radius 2 is 2.07 bits per heavy atom. The molecule has 0 saturated carbocycles. The zero-order valence-corrected chi connectivity index (χ0v) is 17.6.